The van der Waals surface area contributed by atoms with Crippen LogP contribution in [0.5, 0.6) is 5.75 Å². The molecule has 24 heavy (non-hydrogen) atoms. The molecule has 1 aliphatic rings. The number of aliphatic hydroxyl groups is 1. The van der Waals surface area contributed by atoms with Gasteiger partial charge >= 0.3 is 0 Å². The van der Waals surface area contributed by atoms with Gasteiger partial charge in [0.2, 0.25) is 0 Å². The first-order chi connectivity index (χ1) is 11.3. The van der Waals surface area contributed by atoms with Gasteiger partial charge in [0.1, 0.15) is 5.75 Å². The monoisotopic (exact) mass is 332 g/mol. The Morgan fingerprint density at radius 1 is 1.17 bits per heavy atom. The Kier molecular flexibility index (Phi) is 6.74. The molecule has 0 heterocycles. The Morgan fingerprint density at radius 3 is 2.42 bits per heavy atom. The summed E-state index contributed by atoms with van der Waals surface area (Å²) < 4.78 is 6.30. The maximum absolute atomic E-state index is 9.21. The van der Waals surface area contributed by atoms with E-state index in [2.05, 4.69) is 52.8 Å². The molecule has 1 aromatic carbocycles. The number of rotatable bonds is 6. The smallest absolute Gasteiger partial charge is 0.120 e. The average Bonchev–Trinajstić information content (AvgIpc) is 2.54. The fourth-order valence-corrected chi connectivity index (χ4v) is 3.72. The lowest BCUT2D eigenvalue weighted by Gasteiger charge is -2.37. The van der Waals surface area contributed by atoms with Gasteiger partial charge in [-0.15, -0.1) is 0 Å². The lowest BCUT2D eigenvalue weighted by molar-refractivity contribution is 0.0881. The van der Waals surface area contributed by atoms with Crippen LogP contribution in [0.1, 0.15) is 70.9 Å². The Labute approximate surface area is 148 Å². The van der Waals surface area contributed by atoms with E-state index in [0.29, 0.717) is 17.4 Å². The van der Waals surface area contributed by atoms with Crippen molar-refractivity contribution >= 4 is 0 Å². The zero-order valence-corrected chi connectivity index (χ0v) is 16.3. The van der Waals surface area contributed by atoms with Crippen LogP contribution < -0.4 is 4.74 Å². The SMILES string of the molecule is Cc1ccc(O[C@H]2CC[C@H](C(C)(C)C)CC2)cc1CCC(C)CO. The molecule has 1 unspecified atom stereocenters. The van der Waals surface area contributed by atoms with E-state index in [0.717, 1.165) is 24.5 Å². The summed E-state index contributed by atoms with van der Waals surface area (Å²) in [5.74, 6) is 2.21. The van der Waals surface area contributed by atoms with Gasteiger partial charge in [0.25, 0.3) is 0 Å². The molecular weight excluding hydrogens is 296 g/mol. The summed E-state index contributed by atoms with van der Waals surface area (Å²) >= 11 is 0. The van der Waals surface area contributed by atoms with Crippen molar-refractivity contribution in [1.82, 2.24) is 0 Å². The molecule has 0 spiro atoms. The number of ether oxygens (including phenoxy) is 1. The van der Waals surface area contributed by atoms with Gasteiger partial charge in [-0.1, -0.05) is 33.8 Å². The molecule has 1 saturated carbocycles. The number of aryl methyl sites for hydroxylation is 2. The highest BCUT2D eigenvalue weighted by atomic mass is 16.5. The molecule has 0 radical (unpaired) electrons. The minimum absolute atomic E-state index is 0.270. The molecule has 1 atom stereocenters. The Morgan fingerprint density at radius 2 is 1.83 bits per heavy atom. The molecule has 1 fully saturated rings. The Bertz CT molecular complexity index is 507. The molecule has 2 rings (SSSR count). The van der Waals surface area contributed by atoms with Crippen LogP contribution in [0.2, 0.25) is 0 Å². The highest BCUT2D eigenvalue weighted by Gasteiger charge is 2.30. The Hall–Kier alpha value is -1.02. The van der Waals surface area contributed by atoms with Crippen molar-refractivity contribution in [3.8, 4) is 5.75 Å². The predicted molar refractivity (Wildman–Crippen MR) is 102 cm³/mol. The van der Waals surface area contributed by atoms with Crippen molar-refractivity contribution in [2.45, 2.75) is 79.2 Å². The summed E-state index contributed by atoms with van der Waals surface area (Å²) in [6, 6.07) is 6.51. The van der Waals surface area contributed by atoms with Crippen LogP contribution in [0.4, 0.5) is 0 Å². The third-order valence-electron chi connectivity index (χ3n) is 5.74. The quantitative estimate of drug-likeness (QED) is 0.741. The number of hydrogen-bond donors (Lipinski definition) is 1. The molecule has 0 aliphatic heterocycles. The zero-order chi connectivity index (χ0) is 17.7. The molecule has 0 saturated heterocycles. The topological polar surface area (TPSA) is 29.5 Å². The molecule has 2 heteroatoms. The largest absolute Gasteiger partial charge is 0.490 e. The molecule has 1 aliphatic carbocycles. The van der Waals surface area contributed by atoms with E-state index in [1.54, 1.807) is 0 Å². The van der Waals surface area contributed by atoms with Crippen LogP contribution in [-0.4, -0.2) is 17.8 Å². The van der Waals surface area contributed by atoms with Gasteiger partial charge in [-0.3, -0.25) is 0 Å². The van der Waals surface area contributed by atoms with E-state index in [1.807, 2.05) is 0 Å². The molecule has 136 valence electrons. The van der Waals surface area contributed by atoms with Crippen molar-refractivity contribution < 1.29 is 9.84 Å². The average molecular weight is 333 g/mol. The second kappa shape index (κ2) is 8.38. The third-order valence-corrected chi connectivity index (χ3v) is 5.74. The van der Waals surface area contributed by atoms with Crippen molar-refractivity contribution in [2.24, 2.45) is 17.3 Å². The summed E-state index contributed by atoms with van der Waals surface area (Å²) in [6.07, 6.45) is 7.32. The molecule has 0 bridgehead atoms. The number of aliphatic hydroxyl groups excluding tert-OH is 1. The molecule has 1 N–H and O–H groups in total. The van der Waals surface area contributed by atoms with Crippen LogP contribution in [0.3, 0.4) is 0 Å². The van der Waals surface area contributed by atoms with E-state index >= 15 is 0 Å². The standard InChI is InChI=1S/C22H36O2/c1-16(15-23)6-8-18-14-21(11-7-17(18)2)24-20-12-9-19(10-13-20)22(3,4)5/h7,11,14,16,19-20,23H,6,8-10,12-13,15H2,1-5H3/t16?,19-,20-. The van der Waals surface area contributed by atoms with Crippen LogP contribution in [0.15, 0.2) is 18.2 Å². The van der Waals surface area contributed by atoms with E-state index < -0.39 is 0 Å². The van der Waals surface area contributed by atoms with Gasteiger partial charge in [0.15, 0.2) is 0 Å². The highest BCUT2D eigenvalue weighted by molar-refractivity contribution is 5.35. The van der Waals surface area contributed by atoms with Gasteiger partial charge in [-0.05, 0) is 86.0 Å². The van der Waals surface area contributed by atoms with Gasteiger partial charge in [0, 0.05) is 6.61 Å². The minimum Gasteiger partial charge on any atom is -0.490 e. The number of benzene rings is 1. The molecular formula is C22H36O2. The molecule has 1 aromatic rings. The number of hydrogen-bond acceptors (Lipinski definition) is 2. The predicted octanol–water partition coefficient (Wildman–Crippen LogP) is 5.54. The Balaban J connectivity index is 1.91. The maximum atomic E-state index is 9.21. The van der Waals surface area contributed by atoms with E-state index in [1.165, 1.54) is 36.8 Å². The normalized spacial score (nSPS) is 23.1. The third kappa shape index (κ3) is 5.51. The molecule has 0 amide bonds. The zero-order valence-electron chi connectivity index (χ0n) is 16.3. The van der Waals surface area contributed by atoms with Crippen LogP contribution >= 0.6 is 0 Å². The first-order valence-electron chi connectivity index (χ1n) is 9.66. The van der Waals surface area contributed by atoms with Gasteiger partial charge < -0.3 is 9.84 Å². The van der Waals surface area contributed by atoms with E-state index in [4.69, 9.17) is 4.74 Å². The van der Waals surface area contributed by atoms with Gasteiger partial charge in [-0.2, -0.15) is 0 Å². The van der Waals surface area contributed by atoms with Crippen molar-refractivity contribution in [3.63, 3.8) is 0 Å². The summed E-state index contributed by atoms with van der Waals surface area (Å²) in [7, 11) is 0. The fraction of sp³-hybridized carbons (Fsp3) is 0.727. The van der Waals surface area contributed by atoms with Crippen LogP contribution in [0, 0.1) is 24.2 Å². The molecule has 2 nitrogen and oxygen atoms in total. The van der Waals surface area contributed by atoms with Crippen LogP contribution in [0.25, 0.3) is 0 Å². The lowest BCUT2D eigenvalue weighted by Crippen LogP contribution is -2.30. The highest BCUT2D eigenvalue weighted by Crippen LogP contribution is 2.38. The van der Waals surface area contributed by atoms with Crippen LogP contribution in [-0.2, 0) is 6.42 Å². The summed E-state index contributed by atoms with van der Waals surface area (Å²) in [5, 5.41) is 9.21. The lowest BCUT2D eigenvalue weighted by atomic mass is 9.72. The van der Waals surface area contributed by atoms with Crippen molar-refractivity contribution in [3.05, 3.63) is 29.3 Å². The van der Waals surface area contributed by atoms with Gasteiger partial charge in [-0.25, -0.2) is 0 Å². The first kappa shape index (κ1) is 19.3. The second-order valence-electron chi connectivity index (χ2n) is 8.87. The fourth-order valence-electron chi connectivity index (χ4n) is 3.72. The van der Waals surface area contributed by atoms with Crippen molar-refractivity contribution in [1.29, 1.82) is 0 Å². The van der Waals surface area contributed by atoms with Gasteiger partial charge in [0.05, 0.1) is 6.10 Å². The second-order valence-corrected chi connectivity index (χ2v) is 8.87. The van der Waals surface area contributed by atoms with Crippen molar-refractivity contribution in [2.75, 3.05) is 6.61 Å². The maximum Gasteiger partial charge on any atom is 0.120 e. The van der Waals surface area contributed by atoms with E-state index in [-0.39, 0.29) is 6.61 Å². The first-order valence-corrected chi connectivity index (χ1v) is 9.66. The van der Waals surface area contributed by atoms with E-state index in [9.17, 15) is 5.11 Å². The summed E-state index contributed by atoms with van der Waals surface area (Å²) in [5.41, 5.74) is 3.10. The summed E-state index contributed by atoms with van der Waals surface area (Å²) in [6.45, 7) is 11.6. The summed E-state index contributed by atoms with van der Waals surface area (Å²) in [4.78, 5) is 0. The minimum atomic E-state index is 0.270. The molecule has 0 aromatic heterocycles.